The Balaban J connectivity index is 1.19. The van der Waals surface area contributed by atoms with E-state index in [0.29, 0.717) is 19.0 Å². The third-order valence-electron chi connectivity index (χ3n) is 10.3. The zero-order valence-corrected chi connectivity index (χ0v) is 32.8. The summed E-state index contributed by atoms with van der Waals surface area (Å²) in [5.74, 6) is 0.465. The molecule has 6 aromatic carbocycles. The number of carbonyl (C=O) groups is 1. The molecule has 0 spiro atoms. The van der Waals surface area contributed by atoms with Crippen LogP contribution in [-0.4, -0.2) is 30.7 Å². The van der Waals surface area contributed by atoms with Crippen molar-refractivity contribution in [2.75, 3.05) is 6.61 Å². The molecular formula is C50H46O6S. The second-order valence-electron chi connectivity index (χ2n) is 14.4. The third-order valence-corrected chi connectivity index (χ3v) is 11.4. The summed E-state index contributed by atoms with van der Waals surface area (Å²) < 4.78 is 34.5. The second kappa shape index (κ2) is 18.7. The molecule has 0 aliphatic carbocycles. The Labute approximate surface area is 338 Å². The van der Waals surface area contributed by atoms with Crippen molar-refractivity contribution < 1.29 is 28.5 Å². The normalized spacial score (nSPS) is 18.2. The van der Waals surface area contributed by atoms with E-state index in [-0.39, 0.29) is 25.6 Å². The molecule has 0 N–H and O–H groups in total. The fourth-order valence-electron chi connectivity index (χ4n) is 7.26. The first-order chi connectivity index (χ1) is 28.1. The topological polar surface area (TPSA) is 63.2 Å². The number of ether oxygens (including phenoxy) is 5. The van der Waals surface area contributed by atoms with Crippen molar-refractivity contribution in [2.45, 2.75) is 64.2 Å². The number of aryl methyl sites for hydroxylation is 1. The van der Waals surface area contributed by atoms with Crippen molar-refractivity contribution in [1.29, 1.82) is 0 Å². The maximum absolute atomic E-state index is 14.6. The van der Waals surface area contributed by atoms with E-state index < -0.39 is 24.4 Å². The zero-order chi connectivity index (χ0) is 38.8. The average Bonchev–Trinajstić information content (AvgIpc) is 3.67. The molecule has 1 aliphatic rings. The number of benzene rings is 6. The Morgan fingerprint density at radius 3 is 1.81 bits per heavy atom. The summed E-state index contributed by atoms with van der Waals surface area (Å²) in [5.41, 5.74) is 7.05. The lowest BCUT2D eigenvalue weighted by molar-refractivity contribution is -0.213. The largest absolute Gasteiger partial charge is 0.489 e. The molecule has 8 rings (SSSR count). The SMILES string of the molecule is Cc1cc(OCc2ccccc2)c([C@@H]2O[C@H](COCc3ccccc3)C(=O)[C@H](OCc3ccccc3)[C@H]2OCc2ccccc2)cc1Cc1cc2ccccc2s1. The van der Waals surface area contributed by atoms with Gasteiger partial charge in [0, 0.05) is 21.6 Å². The van der Waals surface area contributed by atoms with Crippen LogP contribution in [0.15, 0.2) is 164 Å². The number of thiophene rings is 1. The third kappa shape index (κ3) is 9.77. The standard InChI is InChI=1S/C50H46O6S/c1-35-26-44(53-31-37-18-8-3-9-19-37)43(29-41(35)28-42-27-40-24-14-15-25-46(40)57-42)48-50(55-33-39-22-12-5-13-23-39)49(54-32-38-20-10-4-11-21-38)47(51)45(56-48)34-52-30-36-16-6-2-7-17-36/h2-27,29,45,48-50H,28,30-34H2,1H3/t45-,48+,49+,50+/m1/s1. The molecule has 0 saturated carbocycles. The van der Waals surface area contributed by atoms with E-state index in [1.54, 1.807) is 11.3 Å². The van der Waals surface area contributed by atoms with E-state index in [4.69, 9.17) is 23.7 Å². The first-order valence-corrected chi connectivity index (χ1v) is 20.3. The van der Waals surface area contributed by atoms with Crippen molar-refractivity contribution in [3.63, 3.8) is 0 Å². The van der Waals surface area contributed by atoms with Gasteiger partial charge in [0.05, 0.1) is 26.4 Å². The highest BCUT2D eigenvalue weighted by molar-refractivity contribution is 7.19. The van der Waals surface area contributed by atoms with Gasteiger partial charge in [0.25, 0.3) is 0 Å². The summed E-state index contributed by atoms with van der Waals surface area (Å²) in [5, 5.41) is 1.23. The number of carbonyl (C=O) groups excluding carboxylic acids is 1. The van der Waals surface area contributed by atoms with E-state index in [0.717, 1.165) is 45.4 Å². The van der Waals surface area contributed by atoms with Crippen LogP contribution < -0.4 is 4.74 Å². The van der Waals surface area contributed by atoms with E-state index in [1.165, 1.54) is 15.0 Å². The van der Waals surface area contributed by atoms with Crippen LogP contribution in [-0.2, 0) is 56.6 Å². The molecule has 7 aromatic rings. The van der Waals surface area contributed by atoms with Crippen molar-refractivity contribution in [3.05, 3.63) is 208 Å². The Morgan fingerprint density at radius 1 is 0.614 bits per heavy atom. The summed E-state index contributed by atoms with van der Waals surface area (Å²) >= 11 is 1.80. The number of fused-ring (bicyclic) bond motifs is 1. The minimum atomic E-state index is -0.952. The molecule has 57 heavy (non-hydrogen) atoms. The molecule has 0 radical (unpaired) electrons. The lowest BCUT2D eigenvalue weighted by atomic mass is 9.89. The number of Topliss-reactive ketones (excluding diaryl/α,β-unsaturated/α-hetero) is 1. The van der Waals surface area contributed by atoms with Crippen molar-refractivity contribution in [3.8, 4) is 5.75 Å². The molecule has 0 unspecified atom stereocenters. The van der Waals surface area contributed by atoms with E-state index in [1.807, 2.05) is 109 Å². The molecule has 1 aromatic heterocycles. The van der Waals surface area contributed by atoms with Gasteiger partial charge in [-0.05, 0) is 70.0 Å². The maximum atomic E-state index is 14.6. The summed E-state index contributed by atoms with van der Waals surface area (Å²) in [4.78, 5) is 15.9. The fourth-order valence-corrected chi connectivity index (χ4v) is 8.35. The molecule has 1 saturated heterocycles. The van der Waals surface area contributed by atoms with Crippen LogP contribution in [0.1, 0.15) is 49.9 Å². The van der Waals surface area contributed by atoms with Crippen molar-refractivity contribution in [2.24, 2.45) is 0 Å². The van der Waals surface area contributed by atoms with Gasteiger partial charge in [-0.2, -0.15) is 0 Å². The summed E-state index contributed by atoms with van der Waals surface area (Å²) in [7, 11) is 0. The molecule has 7 heteroatoms. The molecule has 1 aliphatic heterocycles. The predicted octanol–water partition coefficient (Wildman–Crippen LogP) is 10.8. The first kappa shape index (κ1) is 38.5. The second-order valence-corrected chi connectivity index (χ2v) is 15.6. The van der Waals surface area contributed by atoms with E-state index in [2.05, 4.69) is 61.5 Å². The maximum Gasteiger partial charge on any atom is 0.195 e. The van der Waals surface area contributed by atoms with Gasteiger partial charge in [0.15, 0.2) is 5.78 Å². The van der Waals surface area contributed by atoms with E-state index in [9.17, 15) is 4.79 Å². The highest BCUT2D eigenvalue weighted by Crippen LogP contribution is 2.41. The van der Waals surface area contributed by atoms with Crippen molar-refractivity contribution in [1.82, 2.24) is 0 Å². The minimum absolute atomic E-state index is 0.0571. The number of hydrogen-bond acceptors (Lipinski definition) is 7. The fraction of sp³-hybridized carbons (Fsp3) is 0.220. The molecule has 0 amide bonds. The number of rotatable bonds is 16. The quantitative estimate of drug-likeness (QED) is 0.0974. The first-order valence-electron chi connectivity index (χ1n) is 19.5. The number of ketones is 1. The summed E-state index contributed by atoms with van der Waals surface area (Å²) in [6.07, 6.45) is -2.66. The van der Waals surface area contributed by atoms with Gasteiger partial charge in [0.1, 0.15) is 36.8 Å². The van der Waals surface area contributed by atoms with E-state index >= 15 is 0 Å². The van der Waals surface area contributed by atoms with Crippen LogP contribution in [0.3, 0.4) is 0 Å². The Kier molecular flexibility index (Phi) is 12.6. The molecule has 4 atom stereocenters. The highest BCUT2D eigenvalue weighted by Gasteiger charge is 2.48. The highest BCUT2D eigenvalue weighted by atomic mass is 32.1. The lowest BCUT2D eigenvalue weighted by Gasteiger charge is -2.41. The van der Waals surface area contributed by atoms with Gasteiger partial charge in [-0.25, -0.2) is 0 Å². The van der Waals surface area contributed by atoms with Gasteiger partial charge in [-0.3, -0.25) is 4.79 Å². The van der Waals surface area contributed by atoms with Crippen LogP contribution in [0.5, 0.6) is 5.75 Å². The smallest absolute Gasteiger partial charge is 0.195 e. The van der Waals surface area contributed by atoms with Crippen molar-refractivity contribution >= 4 is 27.2 Å². The molecule has 288 valence electrons. The molecule has 0 bridgehead atoms. The van der Waals surface area contributed by atoms with Crippen LogP contribution in [0.2, 0.25) is 0 Å². The van der Waals surface area contributed by atoms with Crippen LogP contribution in [0, 0.1) is 6.92 Å². The number of hydrogen-bond donors (Lipinski definition) is 0. The van der Waals surface area contributed by atoms with Crippen LogP contribution in [0.4, 0.5) is 0 Å². The summed E-state index contributed by atoms with van der Waals surface area (Å²) in [6.45, 7) is 3.39. The Hall–Kier alpha value is -5.41. The lowest BCUT2D eigenvalue weighted by Crippen LogP contribution is -2.54. The van der Waals surface area contributed by atoms with Gasteiger partial charge in [0.2, 0.25) is 0 Å². The molecule has 2 heterocycles. The predicted molar refractivity (Wildman–Crippen MR) is 225 cm³/mol. The van der Waals surface area contributed by atoms with Gasteiger partial charge < -0.3 is 23.7 Å². The summed E-state index contributed by atoms with van der Waals surface area (Å²) in [6, 6.07) is 55.0. The van der Waals surface area contributed by atoms with Crippen LogP contribution >= 0.6 is 11.3 Å². The molecular weight excluding hydrogens is 729 g/mol. The molecule has 1 fully saturated rings. The zero-order valence-electron chi connectivity index (χ0n) is 32.0. The molecule has 6 nitrogen and oxygen atoms in total. The van der Waals surface area contributed by atoms with Gasteiger partial charge in [-0.1, -0.05) is 140 Å². The van der Waals surface area contributed by atoms with Gasteiger partial charge >= 0.3 is 0 Å². The Bertz CT molecular complexity index is 2310. The monoisotopic (exact) mass is 774 g/mol. The average molecular weight is 775 g/mol. The van der Waals surface area contributed by atoms with Crippen LogP contribution in [0.25, 0.3) is 10.1 Å². The Morgan fingerprint density at radius 2 is 1.18 bits per heavy atom. The minimum Gasteiger partial charge on any atom is -0.489 e. The van der Waals surface area contributed by atoms with Gasteiger partial charge in [-0.15, -0.1) is 11.3 Å².